The Kier molecular flexibility index (Phi) is 9.41. The minimum absolute atomic E-state index is 0.0397. The van der Waals surface area contributed by atoms with Crippen LogP contribution >= 0.6 is 11.3 Å². The number of anilines is 1. The maximum atomic E-state index is 14.9. The number of thiophene rings is 1. The van der Waals surface area contributed by atoms with E-state index in [1.165, 1.54) is 23.5 Å². The molecule has 3 aromatic heterocycles. The number of hydrogen-bond donors (Lipinski definition) is 2. The molecule has 2 N–H and O–H groups in total. The molecule has 0 radical (unpaired) electrons. The second-order valence-corrected chi connectivity index (χ2v) is 12.8. The van der Waals surface area contributed by atoms with Crippen LogP contribution in [-0.2, 0) is 20.9 Å². The number of pyridine rings is 2. The molecule has 0 unspecified atom stereocenters. The van der Waals surface area contributed by atoms with Crippen molar-refractivity contribution in [2.75, 3.05) is 38.1 Å². The summed E-state index contributed by atoms with van der Waals surface area (Å²) in [5.74, 6) is -0.883. The predicted octanol–water partition coefficient (Wildman–Crippen LogP) is 5.42. The van der Waals surface area contributed by atoms with E-state index in [0.29, 0.717) is 49.7 Å². The zero-order valence-electron chi connectivity index (χ0n) is 25.6. The first-order valence-corrected chi connectivity index (χ1v) is 16.1. The van der Waals surface area contributed by atoms with Gasteiger partial charge >= 0.3 is 12.0 Å². The topological polar surface area (TPSA) is 126 Å². The van der Waals surface area contributed by atoms with Gasteiger partial charge in [0.2, 0.25) is 0 Å². The summed E-state index contributed by atoms with van der Waals surface area (Å²) in [6.45, 7) is 6.54. The maximum Gasteiger partial charge on any atom is 0.319 e. The number of amides is 3. The first kappa shape index (κ1) is 31.4. The number of rotatable bonds is 10. The summed E-state index contributed by atoms with van der Waals surface area (Å²) >= 11 is 1.46. The molecular weight excluding hydrogens is 611 g/mol. The highest BCUT2D eigenvalue weighted by Crippen LogP contribution is 2.39. The van der Waals surface area contributed by atoms with E-state index in [0.717, 1.165) is 33.7 Å². The zero-order valence-corrected chi connectivity index (χ0v) is 26.4. The van der Waals surface area contributed by atoms with Crippen molar-refractivity contribution in [3.05, 3.63) is 66.2 Å². The fourth-order valence-corrected chi connectivity index (χ4v) is 5.99. The largest absolute Gasteiger partial charge is 0.455 e. The van der Waals surface area contributed by atoms with Crippen molar-refractivity contribution < 1.29 is 28.2 Å². The average Bonchev–Trinajstić information content (AvgIpc) is 3.75. The van der Waals surface area contributed by atoms with Gasteiger partial charge in [-0.25, -0.2) is 9.18 Å². The lowest BCUT2D eigenvalue weighted by molar-refractivity contribution is -0.155. The molecule has 11 nitrogen and oxygen atoms in total. The van der Waals surface area contributed by atoms with Crippen molar-refractivity contribution in [1.82, 2.24) is 25.1 Å². The molecule has 0 spiro atoms. The molecule has 4 heterocycles. The van der Waals surface area contributed by atoms with Gasteiger partial charge in [-0.05, 0) is 42.7 Å². The molecule has 13 heteroatoms. The number of piperazine rings is 1. The fourth-order valence-electron chi connectivity index (χ4n) is 4.95. The van der Waals surface area contributed by atoms with Gasteiger partial charge in [0.25, 0.3) is 5.91 Å². The van der Waals surface area contributed by atoms with Crippen molar-refractivity contribution in [3.63, 3.8) is 0 Å². The van der Waals surface area contributed by atoms with Crippen molar-refractivity contribution in [3.8, 4) is 22.1 Å². The lowest BCUT2D eigenvalue weighted by Gasteiger charge is -2.34. The number of carbonyl (C=O) groups excluding carboxylic acids is 3. The SMILES string of the molecule is CC(C)C(=O)OCC(=O)N1CCN(Cc2ccc(-c3cc4nccc(Oc5ccc(NC(=O)NC6CC6)cc5F)c4s3)nc2)CC1. The Hall–Kier alpha value is -4.62. The van der Waals surface area contributed by atoms with E-state index in [1.54, 1.807) is 37.1 Å². The second-order valence-electron chi connectivity index (χ2n) is 11.7. The second kappa shape index (κ2) is 13.8. The Morgan fingerprint density at radius 1 is 1.02 bits per heavy atom. The first-order valence-electron chi connectivity index (χ1n) is 15.3. The van der Waals surface area contributed by atoms with Gasteiger partial charge in [-0.3, -0.25) is 24.5 Å². The van der Waals surface area contributed by atoms with E-state index in [4.69, 9.17) is 14.5 Å². The van der Waals surface area contributed by atoms with Crippen molar-refractivity contribution in [1.29, 1.82) is 0 Å². The predicted molar refractivity (Wildman–Crippen MR) is 172 cm³/mol. The standard InChI is InChI=1S/C33H35FN6O5S/c1-20(2)32(42)44-19-30(41)40-13-11-39(12-14-40)18-21-3-7-25(36-17-21)29-16-26-31(46-29)28(9-10-35-26)45-27-8-6-23(15-24(27)34)38-33(43)37-22-4-5-22/h3,6-10,15-17,20,22H,4-5,11-14,18-19H2,1-2H3,(H2,37,38,43). The lowest BCUT2D eigenvalue weighted by Crippen LogP contribution is -2.49. The van der Waals surface area contributed by atoms with Gasteiger partial charge in [0.15, 0.2) is 18.2 Å². The van der Waals surface area contributed by atoms with Gasteiger partial charge in [-0.2, -0.15) is 0 Å². The summed E-state index contributed by atoms with van der Waals surface area (Å²) < 4.78 is 26.7. The number of ether oxygens (including phenoxy) is 2. The highest BCUT2D eigenvalue weighted by atomic mass is 32.1. The molecule has 0 bridgehead atoms. The Balaban J connectivity index is 1.05. The van der Waals surface area contributed by atoms with E-state index < -0.39 is 5.82 Å². The molecule has 2 fully saturated rings. The number of nitrogens with zero attached hydrogens (tertiary/aromatic N) is 4. The summed E-state index contributed by atoms with van der Waals surface area (Å²) in [6, 6.07) is 11.8. The van der Waals surface area contributed by atoms with Gasteiger partial charge in [0.1, 0.15) is 5.75 Å². The van der Waals surface area contributed by atoms with Crippen LogP contribution in [0.2, 0.25) is 0 Å². The molecule has 2 aliphatic rings. The molecule has 46 heavy (non-hydrogen) atoms. The molecule has 0 atom stereocenters. The molecule has 4 aromatic rings. The van der Waals surface area contributed by atoms with Crippen LogP contribution in [0.5, 0.6) is 11.5 Å². The monoisotopic (exact) mass is 646 g/mol. The van der Waals surface area contributed by atoms with E-state index in [2.05, 4.69) is 20.5 Å². The lowest BCUT2D eigenvalue weighted by atomic mass is 10.2. The molecule has 6 rings (SSSR count). The van der Waals surface area contributed by atoms with Crippen molar-refractivity contribution in [2.24, 2.45) is 5.92 Å². The average molecular weight is 647 g/mol. The number of carbonyl (C=O) groups is 3. The number of nitrogens with one attached hydrogen (secondary N) is 2. The van der Waals surface area contributed by atoms with Crippen LogP contribution in [0, 0.1) is 11.7 Å². The molecule has 3 amide bonds. The third-order valence-corrected chi connectivity index (χ3v) is 8.88. The number of urea groups is 1. The number of hydrogen-bond acceptors (Lipinski definition) is 9. The van der Waals surface area contributed by atoms with E-state index in [-0.39, 0.29) is 42.2 Å². The Morgan fingerprint density at radius 3 is 2.52 bits per heavy atom. The van der Waals surface area contributed by atoms with Crippen LogP contribution in [-0.4, -0.2) is 76.5 Å². The number of fused-ring (bicyclic) bond motifs is 1. The van der Waals surface area contributed by atoms with E-state index in [1.807, 2.05) is 24.4 Å². The van der Waals surface area contributed by atoms with Gasteiger partial charge in [-0.1, -0.05) is 19.9 Å². The molecule has 1 aliphatic carbocycles. The number of esters is 1. The highest BCUT2D eigenvalue weighted by Gasteiger charge is 2.24. The number of aromatic nitrogens is 2. The Labute approximate surface area is 269 Å². The van der Waals surface area contributed by atoms with Crippen molar-refractivity contribution >= 4 is 45.1 Å². The summed E-state index contributed by atoms with van der Waals surface area (Å²) in [5.41, 5.74) is 2.89. The molecule has 1 aromatic carbocycles. The molecule has 1 saturated heterocycles. The molecule has 240 valence electrons. The smallest absolute Gasteiger partial charge is 0.319 e. The normalized spacial score (nSPS) is 15.2. The summed E-state index contributed by atoms with van der Waals surface area (Å²) in [4.78, 5) is 50.1. The zero-order chi connectivity index (χ0) is 32.2. The van der Waals surface area contributed by atoms with Gasteiger partial charge in [-0.15, -0.1) is 11.3 Å². The third-order valence-electron chi connectivity index (χ3n) is 7.72. The minimum atomic E-state index is -0.594. The van der Waals surface area contributed by atoms with E-state index >= 15 is 0 Å². The van der Waals surface area contributed by atoms with Crippen molar-refractivity contribution in [2.45, 2.75) is 39.3 Å². The van der Waals surface area contributed by atoms with E-state index in [9.17, 15) is 18.8 Å². The summed E-state index contributed by atoms with van der Waals surface area (Å²) in [5, 5.41) is 5.45. The highest BCUT2D eigenvalue weighted by molar-refractivity contribution is 7.22. The molecule has 1 aliphatic heterocycles. The van der Waals surface area contributed by atoms with Crippen LogP contribution in [0.15, 0.2) is 54.9 Å². The Bertz CT molecular complexity index is 1730. The minimum Gasteiger partial charge on any atom is -0.455 e. The van der Waals surface area contributed by atoms with Gasteiger partial charge in [0, 0.05) is 69.0 Å². The maximum absolute atomic E-state index is 14.9. The van der Waals surface area contributed by atoms with Crippen LogP contribution < -0.4 is 15.4 Å². The number of benzene rings is 1. The van der Waals surface area contributed by atoms with Crippen LogP contribution in [0.3, 0.4) is 0 Å². The van der Waals surface area contributed by atoms with Gasteiger partial charge in [0.05, 0.1) is 26.7 Å². The number of halogens is 1. The third kappa shape index (κ3) is 7.77. The molecule has 1 saturated carbocycles. The molecular formula is C33H35FN6O5S. The summed E-state index contributed by atoms with van der Waals surface area (Å²) in [6.07, 6.45) is 5.40. The van der Waals surface area contributed by atoms with Crippen LogP contribution in [0.4, 0.5) is 14.9 Å². The quantitative estimate of drug-likeness (QED) is 0.219. The van der Waals surface area contributed by atoms with Crippen LogP contribution in [0.25, 0.3) is 20.8 Å². The fraction of sp³-hybridized carbons (Fsp3) is 0.364. The van der Waals surface area contributed by atoms with Gasteiger partial charge < -0.3 is 25.0 Å². The van der Waals surface area contributed by atoms with Crippen LogP contribution in [0.1, 0.15) is 32.3 Å². The Morgan fingerprint density at radius 2 is 1.83 bits per heavy atom. The summed E-state index contributed by atoms with van der Waals surface area (Å²) in [7, 11) is 0. The first-order chi connectivity index (χ1) is 22.2.